The quantitative estimate of drug-likeness (QED) is 0.790. The molecule has 1 aromatic heterocycles. The van der Waals surface area contributed by atoms with Crippen molar-refractivity contribution >= 4 is 23.2 Å². The number of carbonyl (C=O) groups is 2. The first-order chi connectivity index (χ1) is 12.4. The molecule has 26 heavy (non-hydrogen) atoms. The van der Waals surface area contributed by atoms with Gasteiger partial charge in [0, 0.05) is 51.0 Å². The van der Waals surface area contributed by atoms with Crippen molar-refractivity contribution in [2.45, 2.75) is 0 Å². The number of rotatable bonds is 7. The van der Waals surface area contributed by atoms with Gasteiger partial charge in [0.2, 0.25) is 0 Å². The molecule has 0 aliphatic rings. The van der Waals surface area contributed by atoms with Crippen molar-refractivity contribution in [1.29, 1.82) is 0 Å². The molecule has 0 unspecified atom stereocenters. The number of amides is 2. The second-order valence-electron chi connectivity index (χ2n) is 6.42. The Balaban J connectivity index is 2.01. The van der Waals surface area contributed by atoms with Crippen LogP contribution in [-0.4, -0.2) is 63.0 Å². The molecule has 2 amide bonds. The summed E-state index contributed by atoms with van der Waals surface area (Å²) in [4.78, 5) is 32.5. The van der Waals surface area contributed by atoms with Crippen molar-refractivity contribution in [3.8, 4) is 0 Å². The van der Waals surface area contributed by atoms with E-state index in [0.29, 0.717) is 23.4 Å². The third-order valence-corrected chi connectivity index (χ3v) is 3.75. The average Bonchev–Trinajstić information content (AvgIpc) is 2.62. The summed E-state index contributed by atoms with van der Waals surface area (Å²) in [7, 11) is 7.77. The van der Waals surface area contributed by atoms with Gasteiger partial charge in [-0.25, -0.2) is 0 Å². The maximum atomic E-state index is 12.4. The molecule has 2 rings (SSSR count). The van der Waals surface area contributed by atoms with E-state index < -0.39 is 0 Å². The zero-order valence-electron chi connectivity index (χ0n) is 15.6. The number of aromatic nitrogens is 1. The molecule has 0 fully saturated rings. The first-order valence-corrected chi connectivity index (χ1v) is 8.33. The molecule has 7 heteroatoms. The van der Waals surface area contributed by atoms with Gasteiger partial charge in [-0.15, -0.1) is 0 Å². The molecule has 2 N–H and O–H groups in total. The van der Waals surface area contributed by atoms with E-state index in [4.69, 9.17) is 0 Å². The summed E-state index contributed by atoms with van der Waals surface area (Å²) in [6, 6.07) is 9.05. The van der Waals surface area contributed by atoms with E-state index in [0.717, 1.165) is 12.2 Å². The minimum Gasteiger partial charge on any atom is -0.378 e. The van der Waals surface area contributed by atoms with Crippen LogP contribution >= 0.6 is 0 Å². The summed E-state index contributed by atoms with van der Waals surface area (Å²) >= 11 is 0. The molecule has 138 valence electrons. The Bertz CT molecular complexity index is 757. The van der Waals surface area contributed by atoms with E-state index in [9.17, 15) is 9.59 Å². The minimum atomic E-state index is -0.307. The second kappa shape index (κ2) is 8.96. The number of hydrogen-bond donors (Lipinski definition) is 2. The summed E-state index contributed by atoms with van der Waals surface area (Å²) in [6.45, 7) is 1.27. The first kappa shape index (κ1) is 19.4. The number of likely N-dealkylation sites (N-methyl/N-ethyl adjacent to an activating group) is 1. The largest absolute Gasteiger partial charge is 0.378 e. The normalized spacial score (nSPS) is 10.5. The van der Waals surface area contributed by atoms with Crippen molar-refractivity contribution in [3.05, 3.63) is 53.9 Å². The summed E-state index contributed by atoms with van der Waals surface area (Å²) in [5, 5.41) is 5.62. The molecule has 0 bridgehead atoms. The lowest BCUT2D eigenvalue weighted by Crippen LogP contribution is -2.31. The lowest BCUT2D eigenvalue weighted by atomic mass is 10.1. The number of pyridine rings is 1. The summed E-state index contributed by atoms with van der Waals surface area (Å²) in [5.41, 5.74) is 2.42. The second-order valence-corrected chi connectivity index (χ2v) is 6.42. The highest BCUT2D eigenvalue weighted by molar-refractivity contribution is 6.05. The molecule has 0 aliphatic heterocycles. The predicted octanol–water partition coefficient (Wildman–Crippen LogP) is 1.69. The monoisotopic (exact) mass is 355 g/mol. The smallest absolute Gasteiger partial charge is 0.257 e. The topological polar surface area (TPSA) is 77.6 Å². The standard InChI is InChI=1S/C19H25N5O2/c1-23(2)10-9-21-18(25)14-11-15(13-20-12-14)19(26)22-16-5-7-17(8-6-16)24(3)4/h5-8,11-13H,9-10H2,1-4H3,(H,21,25)(H,22,26). The maximum Gasteiger partial charge on any atom is 0.257 e. The van der Waals surface area contributed by atoms with Crippen LogP contribution in [0.15, 0.2) is 42.7 Å². The summed E-state index contributed by atoms with van der Waals surface area (Å²) in [6.07, 6.45) is 2.90. The fraction of sp³-hybridized carbons (Fsp3) is 0.316. The molecule has 7 nitrogen and oxygen atoms in total. The molecule has 1 aromatic carbocycles. The lowest BCUT2D eigenvalue weighted by Gasteiger charge is -2.13. The molecule has 2 aromatic rings. The van der Waals surface area contributed by atoms with Gasteiger partial charge in [0.25, 0.3) is 11.8 Å². The van der Waals surface area contributed by atoms with Gasteiger partial charge in [-0.05, 0) is 44.4 Å². The van der Waals surface area contributed by atoms with Crippen LogP contribution in [0.4, 0.5) is 11.4 Å². The van der Waals surface area contributed by atoms with Crippen molar-refractivity contribution < 1.29 is 9.59 Å². The molecular weight excluding hydrogens is 330 g/mol. The van der Waals surface area contributed by atoms with E-state index in [-0.39, 0.29) is 11.8 Å². The van der Waals surface area contributed by atoms with Crippen LogP contribution < -0.4 is 15.5 Å². The van der Waals surface area contributed by atoms with Gasteiger partial charge in [-0.2, -0.15) is 0 Å². The summed E-state index contributed by atoms with van der Waals surface area (Å²) in [5.74, 6) is -0.553. The van der Waals surface area contributed by atoms with Crippen LogP contribution in [-0.2, 0) is 0 Å². The Morgan fingerprint density at radius 1 is 0.962 bits per heavy atom. The Morgan fingerprint density at radius 3 is 2.15 bits per heavy atom. The Kier molecular flexibility index (Phi) is 6.68. The highest BCUT2D eigenvalue weighted by Gasteiger charge is 2.11. The lowest BCUT2D eigenvalue weighted by molar-refractivity contribution is 0.0950. The minimum absolute atomic E-state index is 0.246. The summed E-state index contributed by atoms with van der Waals surface area (Å²) < 4.78 is 0. The van der Waals surface area contributed by atoms with Gasteiger partial charge in [-0.3, -0.25) is 14.6 Å². The highest BCUT2D eigenvalue weighted by Crippen LogP contribution is 2.16. The van der Waals surface area contributed by atoms with Crippen molar-refractivity contribution in [2.24, 2.45) is 0 Å². The van der Waals surface area contributed by atoms with Crippen LogP contribution in [0.3, 0.4) is 0 Å². The van der Waals surface area contributed by atoms with Crippen LogP contribution in [0, 0.1) is 0 Å². The van der Waals surface area contributed by atoms with Crippen molar-refractivity contribution in [2.75, 3.05) is 51.5 Å². The number of hydrogen-bond acceptors (Lipinski definition) is 5. The highest BCUT2D eigenvalue weighted by atomic mass is 16.2. The zero-order chi connectivity index (χ0) is 19.1. The van der Waals surface area contributed by atoms with E-state index in [1.807, 2.05) is 62.3 Å². The number of nitrogens with zero attached hydrogens (tertiary/aromatic N) is 3. The number of anilines is 2. The van der Waals surface area contributed by atoms with E-state index >= 15 is 0 Å². The van der Waals surface area contributed by atoms with Crippen LogP contribution in [0.1, 0.15) is 20.7 Å². The molecular formula is C19H25N5O2. The SMILES string of the molecule is CN(C)CCNC(=O)c1cncc(C(=O)Nc2ccc(N(C)C)cc2)c1. The molecule has 0 atom stereocenters. The maximum absolute atomic E-state index is 12.4. The Hall–Kier alpha value is -2.93. The third kappa shape index (κ3) is 5.56. The van der Waals surface area contributed by atoms with E-state index in [2.05, 4.69) is 15.6 Å². The molecule has 0 aliphatic carbocycles. The van der Waals surface area contributed by atoms with Gasteiger partial charge < -0.3 is 20.4 Å². The van der Waals surface area contributed by atoms with Gasteiger partial charge >= 0.3 is 0 Å². The van der Waals surface area contributed by atoms with Crippen molar-refractivity contribution in [3.63, 3.8) is 0 Å². The average molecular weight is 355 g/mol. The molecule has 0 radical (unpaired) electrons. The number of carbonyl (C=O) groups excluding carboxylic acids is 2. The fourth-order valence-electron chi connectivity index (χ4n) is 2.23. The van der Waals surface area contributed by atoms with Gasteiger partial charge in [-0.1, -0.05) is 0 Å². The number of nitrogens with one attached hydrogen (secondary N) is 2. The molecule has 0 spiro atoms. The van der Waals surface area contributed by atoms with Gasteiger partial charge in [0.1, 0.15) is 0 Å². The molecule has 0 saturated carbocycles. The van der Waals surface area contributed by atoms with Gasteiger partial charge in [0.05, 0.1) is 11.1 Å². The van der Waals surface area contributed by atoms with Crippen LogP contribution in [0.5, 0.6) is 0 Å². The Morgan fingerprint density at radius 2 is 1.58 bits per heavy atom. The van der Waals surface area contributed by atoms with Crippen LogP contribution in [0.25, 0.3) is 0 Å². The number of benzene rings is 1. The van der Waals surface area contributed by atoms with Gasteiger partial charge in [0.15, 0.2) is 0 Å². The molecule has 1 heterocycles. The zero-order valence-corrected chi connectivity index (χ0v) is 15.6. The van der Waals surface area contributed by atoms with Crippen LogP contribution in [0.2, 0.25) is 0 Å². The Labute approximate surface area is 154 Å². The van der Waals surface area contributed by atoms with E-state index in [1.54, 1.807) is 6.07 Å². The molecule has 0 saturated heterocycles. The predicted molar refractivity (Wildman–Crippen MR) is 104 cm³/mol. The fourth-order valence-corrected chi connectivity index (χ4v) is 2.23. The van der Waals surface area contributed by atoms with Crippen molar-refractivity contribution in [1.82, 2.24) is 15.2 Å². The third-order valence-electron chi connectivity index (χ3n) is 3.75. The van der Waals surface area contributed by atoms with E-state index in [1.165, 1.54) is 12.4 Å². The first-order valence-electron chi connectivity index (χ1n) is 8.33.